The van der Waals surface area contributed by atoms with Gasteiger partial charge in [-0.1, -0.05) is 38.1 Å². The fraction of sp³-hybridized carbons (Fsp3) is 0.600. The third kappa shape index (κ3) is 2.65. The van der Waals surface area contributed by atoms with Crippen molar-refractivity contribution in [1.82, 2.24) is 4.90 Å². The maximum Gasteiger partial charge on any atom is 0.00774 e. The van der Waals surface area contributed by atoms with Crippen LogP contribution in [0.5, 0.6) is 0 Å². The lowest BCUT2D eigenvalue weighted by atomic mass is 9.74. The van der Waals surface area contributed by atoms with Crippen LogP contribution < -0.4 is 0 Å². The van der Waals surface area contributed by atoms with E-state index in [1.54, 1.807) is 0 Å². The first-order chi connectivity index (χ1) is 7.55. The first kappa shape index (κ1) is 13.2. The van der Waals surface area contributed by atoms with E-state index in [0.29, 0.717) is 5.41 Å². The first-order valence-corrected chi connectivity index (χ1v) is 6.26. The molecule has 0 bridgehead atoms. The van der Waals surface area contributed by atoms with E-state index >= 15 is 0 Å². The Hall–Kier alpha value is -0.820. The lowest BCUT2D eigenvalue weighted by molar-refractivity contribution is 0.264. The van der Waals surface area contributed by atoms with Gasteiger partial charge in [0.2, 0.25) is 0 Å². The Morgan fingerprint density at radius 3 is 2.06 bits per heavy atom. The van der Waals surface area contributed by atoms with Crippen molar-refractivity contribution < 1.29 is 0 Å². The fourth-order valence-corrected chi connectivity index (χ4v) is 2.71. The minimum Gasteiger partial charge on any atom is -0.309 e. The third-order valence-electron chi connectivity index (χ3n) is 3.69. The Kier molecular flexibility index (Phi) is 4.55. The predicted molar refractivity (Wildman–Crippen MR) is 72.0 cm³/mol. The summed E-state index contributed by atoms with van der Waals surface area (Å²) in [7, 11) is 4.33. The Morgan fingerprint density at radius 2 is 1.62 bits per heavy atom. The molecule has 0 atom stereocenters. The summed E-state index contributed by atoms with van der Waals surface area (Å²) in [5.74, 6) is 0. The van der Waals surface area contributed by atoms with Gasteiger partial charge in [-0.3, -0.25) is 0 Å². The molecule has 1 nitrogen and oxygen atoms in total. The van der Waals surface area contributed by atoms with E-state index in [9.17, 15) is 0 Å². The Balaban J connectivity index is 3.15. The minimum atomic E-state index is 0.314. The van der Waals surface area contributed by atoms with Gasteiger partial charge in [0.1, 0.15) is 0 Å². The quantitative estimate of drug-likeness (QED) is 0.731. The summed E-state index contributed by atoms with van der Waals surface area (Å²) in [5.41, 5.74) is 3.26. The molecular weight excluding hydrogens is 194 g/mol. The molecule has 0 N–H and O–H groups in total. The molecule has 0 fully saturated rings. The summed E-state index contributed by atoms with van der Waals surface area (Å²) in [4.78, 5) is 2.30. The lowest BCUT2D eigenvalue weighted by Crippen LogP contribution is -2.37. The van der Waals surface area contributed by atoms with Gasteiger partial charge >= 0.3 is 0 Å². The molecule has 0 saturated carbocycles. The van der Waals surface area contributed by atoms with Crippen LogP contribution >= 0.6 is 0 Å². The second-order valence-corrected chi connectivity index (χ2v) is 5.04. The van der Waals surface area contributed by atoms with Gasteiger partial charge in [-0.25, -0.2) is 0 Å². The molecule has 0 aliphatic rings. The highest BCUT2D eigenvalue weighted by atomic mass is 15.1. The molecule has 1 heteroatoms. The summed E-state index contributed by atoms with van der Waals surface area (Å²) in [6, 6.07) is 8.82. The first-order valence-electron chi connectivity index (χ1n) is 6.26. The topological polar surface area (TPSA) is 3.24 Å². The number of rotatable bonds is 5. The maximum absolute atomic E-state index is 2.30. The molecule has 0 radical (unpaired) electrons. The molecule has 0 heterocycles. The Labute approximate surface area is 100 Å². The van der Waals surface area contributed by atoms with Crippen molar-refractivity contribution in [2.45, 2.75) is 39.0 Å². The van der Waals surface area contributed by atoms with Gasteiger partial charge in [-0.2, -0.15) is 0 Å². The number of likely N-dealkylation sites (N-methyl/N-ethyl adjacent to an activating group) is 1. The zero-order valence-electron chi connectivity index (χ0n) is 11.4. The molecule has 0 saturated heterocycles. The van der Waals surface area contributed by atoms with Gasteiger partial charge in [0, 0.05) is 12.0 Å². The van der Waals surface area contributed by atoms with Gasteiger partial charge < -0.3 is 4.90 Å². The van der Waals surface area contributed by atoms with Crippen molar-refractivity contribution in [2.75, 3.05) is 20.6 Å². The predicted octanol–water partition coefficient (Wildman–Crippen LogP) is 3.61. The third-order valence-corrected chi connectivity index (χ3v) is 3.69. The zero-order chi connectivity index (χ0) is 12.2. The number of hydrogen-bond donors (Lipinski definition) is 0. The second-order valence-electron chi connectivity index (χ2n) is 5.04. The molecular formula is C15H25N. The molecule has 1 aromatic rings. The number of nitrogens with zero attached hydrogens (tertiary/aromatic N) is 1. The second kappa shape index (κ2) is 5.49. The van der Waals surface area contributed by atoms with E-state index in [1.807, 2.05) is 0 Å². The van der Waals surface area contributed by atoms with E-state index in [1.165, 1.54) is 24.0 Å². The van der Waals surface area contributed by atoms with Crippen LogP contribution in [-0.2, 0) is 5.41 Å². The van der Waals surface area contributed by atoms with Crippen molar-refractivity contribution in [1.29, 1.82) is 0 Å². The van der Waals surface area contributed by atoms with Gasteiger partial charge in [-0.05, 0) is 45.0 Å². The van der Waals surface area contributed by atoms with Crippen LogP contribution in [0, 0.1) is 6.92 Å². The van der Waals surface area contributed by atoms with Crippen molar-refractivity contribution in [3.05, 3.63) is 35.4 Å². The highest BCUT2D eigenvalue weighted by molar-refractivity contribution is 5.33. The van der Waals surface area contributed by atoms with Crippen molar-refractivity contribution in [2.24, 2.45) is 0 Å². The molecule has 0 amide bonds. The Morgan fingerprint density at radius 1 is 1.06 bits per heavy atom. The number of aryl methyl sites for hydroxylation is 1. The van der Waals surface area contributed by atoms with E-state index in [2.05, 4.69) is 64.0 Å². The van der Waals surface area contributed by atoms with E-state index in [-0.39, 0.29) is 0 Å². The van der Waals surface area contributed by atoms with E-state index < -0.39 is 0 Å². The number of benzene rings is 1. The summed E-state index contributed by atoms with van der Waals surface area (Å²) in [6.45, 7) is 7.97. The molecule has 90 valence electrons. The molecule has 1 rings (SSSR count). The molecule has 0 spiro atoms. The van der Waals surface area contributed by atoms with Crippen LogP contribution in [0.15, 0.2) is 24.3 Å². The van der Waals surface area contributed by atoms with Gasteiger partial charge in [0.15, 0.2) is 0 Å². The lowest BCUT2D eigenvalue weighted by Gasteiger charge is -2.36. The molecule has 0 unspecified atom stereocenters. The molecule has 0 aliphatic carbocycles. The molecule has 0 aromatic heterocycles. The highest BCUT2D eigenvalue weighted by Crippen LogP contribution is 2.34. The summed E-state index contributed by atoms with van der Waals surface area (Å²) >= 11 is 0. The summed E-state index contributed by atoms with van der Waals surface area (Å²) in [6.07, 6.45) is 2.40. The van der Waals surface area contributed by atoms with Crippen molar-refractivity contribution in [3.63, 3.8) is 0 Å². The minimum absolute atomic E-state index is 0.314. The average molecular weight is 219 g/mol. The average Bonchev–Trinajstić information content (AvgIpc) is 2.26. The molecule has 1 aromatic carbocycles. The van der Waals surface area contributed by atoms with Gasteiger partial charge in [0.05, 0.1) is 0 Å². The van der Waals surface area contributed by atoms with Crippen LogP contribution in [-0.4, -0.2) is 25.5 Å². The van der Waals surface area contributed by atoms with Crippen molar-refractivity contribution >= 4 is 0 Å². The standard InChI is InChI=1S/C15H25N/c1-6-15(7-2,12-16(4)5)14-11-9-8-10-13(14)3/h8-11H,6-7,12H2,1-5H3. The fourth-order valence-electron chi connectivity index (χ4n) is 2.71. The largest absolute Gasteiger partial charge is 0.309 e. The zero-order valence-corrected chi connectivity index (χ0v) is 11.4. The van der Waals surface area contributed by atoms with Crippen LogP contribution in [0.3, 0.4) is 0 Å². The van der Waals surface area contributed by atoms with Crippen LogP contribution in [0.25, 0.3) is 0 Å². The smallest absolute Gasteiger partial charge is 0.00774 e. The van der Waals surface area contributed by atoms with E-state index in [4.69, 9.17) is 0 Å². The van der Waals surface area contributed by atoms with Crippen LogP contribution in [0.4, 0.5) is 0 Å². The SMILES string of the molecule is CCC(CC)(CN(C)C)c1ccccc1C. The maximum atomic E-state index is 2.30. The summed E-state index contributed by atoms with van der Waals surface area (Å²) in [5, 5.41) is 0. The number of hydrogen-bond acceptors (Lipinski definition) is 1. The Bertz CT molecular complexity index is 324. The van der Waals surface area contributed by atoms with Crippen molar-refractivity contribution in [3.8, 4) is 0 Å². The monoisotopic (exact) mass is 219 g/mol. The van der Waals surface area contributed by atoms with Crippen LogP contribution in [0.1, 0.15) is 37.8 Å². The summed E-state index contributed by atoms with van der Waals surface area (Å²) < 4.78 is 0. The highest BCUT2D eigenvalue weighted by Gasteiger charge is 2.30. The molecule has 16 heavy (non-hydrogen) atoms. The van der Waals surface area contributed by atoms with Crippen LogP contribution in [0.2, 0.25) is 0 Å². The molecule has 0 aliphatic heterocycles. The van der Waals surface area contributed by atoms with Gasteiger partial charge in [-0.15, -0.1) is 0 Å². The van der Waals surface area contributed by atoms with Gasteiger partial charge in [0.25, 0.3) is 0 Å². The normalized spacial score (nSPS) is 12.1. The van der Waals surface area contributed by atoms with E-state index in [0.717, 1.165) is 6.54 Å².